The zero-order chi connectivity index (χ0) is 15.2. The lowest BCUT2D eigenvalue weighted by atomic mass is 10.2. The fraction of sp³-hybridized carbons (Fsp3) is 0.467. The number of ether oxygens (including phenoxy) is 1. The molecule has 0 aliphatic rings. The quantitative estimate of drug-likeness (QED) is 0.778. The Morgan fingerprint density at radius 3 is 2.81 bits per heavy atom. The van der Waals surface area contributed by atoms with Crippen LogP contribution in [0.25, 0.3) is 0 Å². The monoisotopic (exact) mass is 352 g/mol. The number of benzene rings is 1. The third kappa shape index (κ3) is 4.28. The van der Waals surface area contributed by atoms with Crippen molar-refractivity contribution in [1.82, 2.24) is 20.1 Å². The van der Waals surface area contributed by atoms with Crippen LogP contribution in [0.2, 0.25) is 0 Å². The molecule has 0 saturated carbocycles. The van der Waals surface area contributed by atoms with Crippen molar-refractivity contribution in [2.45, 2.75) is 33.4 Å². The van der Waals surface area contributed by atoms with Gasteiger partial charge in [0, 0.05) is 23.6 Å². The molecule has 6 heteroatoms. The van der Waals surface area contributed by atoms with E-state index < -0.39 is 0 Å². The smallest absolute Gasteiger partial charge is 0.170 e. The lowest BCUT2D eigenvalue weighted by Crippen LogP contribution is -2.15. The first-order chi connectivity index (χ1) is 10.1. The predicted molar refractivity (Wildman–Crippen MR) is 86.2 cm³/mol. The Labute approximate surface area is 133 Å². The van der Waals surface area contributed by atoms with Crippen LogP contribution >= 0.6 is 15.9 Å². The fourth-order valence-electron chi connectivity index (χ4n) is 1.95. The summed E-state index contributed by atoms with van der Waals surface area (Å²) in [5, 5.41) is 11.6. The minimum atomic E-state index is 0.416. The van der Waals surface area contributed by atoms with Gasteiger partial charge in [-0.1, -0.05) is 22.9 Å². The van der Waals surface area contributed by atoms with Gasteiger partial charge in [-0.25, -0.2) is 0 Å². The zero-order valence-corrected chi connectivity index (χ0v) is 14.3. The number of halogens is 1. The SMILES string of the molecule is CCCNCc1cc(Br)ccc1OCc1nnc(C)n1C. The van der Waals surface area contributed by atoms with E-state index in [1.807, 2.05) is 30.7 Å². The Morgan fingerprint density at radius 1 is 1.33 bits per heavy atom. The van der Waals surface area contributed by atoms with E-state index in [-0.39, 0.29) is 0 Å². The molecule has 0 spiro atoms. The number of nitrogens with one attached hydrogen (secondary N) is 1. The summed E-state index contributed by atoms with van der Waals surface area (Å²) >= 11 is 3.51. The number of aromatic nitrogens is 3. The molecule has 0 amide bonds. The average Bonchev–Trinajstić information content (AvgIpc) is 2.78. The molecule has 0 aliphatic heterocycles. The minimum absolute atomic E-state index is 0.416. The second kappa shape index (κ2) is 7.56. The van der Waals surface area contributed by atoms with Crippen molar-refractivity contribution in [1.29, 1.82) is 0 Å². The van der Waals surface area contributed by atoms with E-state index in [4.69, 9.17) is 4.74 Å². The van der Waals surface area contributed by atoms with Crippen molar-refractivity contribution < 1.29 is 4.74 Å². The van der Waals surface area contributed by atoms with Gasteiger partial charge in [-0.3, -0.25) is 0 Å². The van der Waals surface area contributed by atoms with Gasteiger partial charge in [0.15, 0.2) is 5.82 Å². The summed E-state index contributed by atoms with van der Waals surface area (Å²) in [6.45, 7) is 6.28. The molecule has 1 aromatic heterocycles. The highest BCUT2D eigenvalue weighted by Gasteiger charge is 2.09. The topological polar surface area (TPSA) is 52.0 Å². The Kier molecular flexibility index (Phi) is 5.76. The lowest BCUT2D eigenvalue weighted by Gasteiger charge is -2.12. The first-order valence-electron chi connectivity index (χ1n) is 7.08. The molecule has 0 aliphatic carbocycles. The van der Waals surface area contributed by atoms with E-state index in [1.165, 1.54) is 0 Å². The molecule has 0 unspecified atom stereocenters. The van der Waals surface area contributed by atoms with Gasteiger partial charge in [-0.05, 0) is 38.1 Å². The normalized spacial score (nSPS) is 10.9. The van der Waals surface area contributed by atoms with Crippen LogP contribution in [0, 0.1) is 6.92 Å². The second-order valence-corrected chi connectivity index (χ2v) is 5.86. The van der Waals surface area contributed by atoms with Gasteiger partial charge in [-0.2, -0.15) is 0 Å². The molecule has 1 N–H and O–H groups in total. The van der Waals surface area contributed by atoms with Crippen LogP contribution in [0.15, 0.2) is 22.7 Å². The summed E-state index contributed by atoms with van der Waals surface area (Å²) in [4.78, 5) is 0. The molecule has 1 aromatic carbocycles. The molecule has 0 bridgehead atoms. The van der Waals surface area contributed by atoms with Gasteiger partial charge < -0.3 is 14.6 Å². The number of nitrogens with zero attached hydrogens (tertiary/aromatic N) is 3. The van der Waals surface area contributed by atoms with Crippen molar-refractivity contribution in [3.05, 3.63) is 39.9 Å². The largest absolute Gasteiger partial charge is 0.485 e. The van der Waals surface area contributed by atoms with Gasteiger partial charge in [0.25, 0.3) is 0 Å². The molecule has 5 nitrogen and oxygen atoms in total. The molecule has 2 aromatic rings. The molecule has 0 fully saturated rings. The Bertz CT molecular complexity index is 597. The van der Waals surface area contributed by atoms with Crippen molar-refractivity contribution in [2.24, 2.45) is 7.05 Å². The van der Waals surface area contributed by atoms with Gasteiger partial charge in [0.05, 0.1) is 0 Å². The molecule has 21 heavy (non-hydrogen) atoms. The summed E-state index contributed by atoms with van der Waals surface area (Å²) in [6.07, 6.45) is 1.11. The van der Waals surface area contributed by atoms with Crippen LogP contribution in [-0.4, -0.2) is 21.3 Å². The number of hydrogen-bond donors (Lipinski definition) is 1. The van der Waals surface area contributed by atoms with E-state index in [1.54, 1.807) is 0 Å². The first kappa shape index (κ1) is 16.0. The van der Waals surface area contributed by atoms with Gasteiger partial charge in [0.1, 0.15) is 18.2 Å². The molecular weight excluding hydrogens is 332 g/mol. The Morgan fingerprint density at radius 2 is 2.14 bits per heavy atom. The summed E-state index contributed by atoms with van der Waals surface area (Å²) < 4.78 is 8.91. The Hall–Kier alpha value is -1.40. The lowest BCUT2D eigenvalue weighted by molar-refractivity contribution is 0.287. The van der Waals surface area contributed by atoms with Crippen molar-refractivity contribution in [3.8, 4) is 5.75 Å². The first-order valence-corrected chi connectivity index (χ1v) is 7.88. The van der Waals surface area contributed by atoms with Gasteiger partial charge in [0.2, 0.25) is 0 Å². The van der Waals surface area contributed by atoms with Crippen molar-refractivity contribution >= 4 is 15.9 Å². The summed E-state index contributed by atoms with van der Waals surface area (Å²) in [5.41, 5.74) is 1.14. The van der Waals surface area contributed by atoms with E-state index in [9.17, 15) is 0 Å². The minimum Gasteiger partial charge on any atom is -0.485 e. The summed E-state index contributed by atoms with van der Waals surface area (Å²) in [6, 6.07) is 6.05. The third-order valence-corrected chi connectivity index (χ3v) is 3.80. The van der Waals surface area contributed by atoms with Crippen LogP contribution < -0.4 is 10.1 Å². The third-order valence-electron chi connectivity index (χ3n) is 3.30. The maximum Gasteiger partial charge on any atom is 0.170 e. The molecule has 0 atom stereocenters. The molecule has 2 rings (SSSR count). The van der Waals surface area contributed by atoms with Gasteiger partial charge >= 0.3 is 0 Å². The molecule has 1 heterocycles. The van der Waals surface area contributed by atoms with E-state index >= 15 is 0 Å². The van der Waals surface area contributed by atoms with E-state index in [0.29, 0.717) is 6.61 Å². The summed E-state index contributed by atoms with van der Waals surface area (Å²) in [5.74, 6) is 2.58. The molecular formula is C15H21BrN4O. The van der Waals surface area contributed by atoms with Crippen LogP contribution in [0.5, 0.6) is 5.75 Å². The van der Waals surface area contributed by atoms with Crippen LogP contribution in [-0.2, 0) is 20.2 Å². The van der Waals surface area contributed by atoms with E-state index in [0.717, 1.165) is 46.9 Å². The Balaban J connectivity index is 2.06. The number of rotatable bonds is 7. The maximum atomic E-state index is 5.92. The molecule has 0 saturated heterocycles. The van der Waals surface area contributed by atoms with Crippen LogP contribution in [0.4, 0.5) is 0 Å². The van der Waals surface area contributed by atoms with Gasteiger partial charge in [-0.15, -0.1) is 10.2 Å². The fourth-order valence-corrected chi connectivity index (χ4v) is 2.35. The predicted octanol–water partition coefficient (Wildman–Crippen LogP) is 2.96. The highest BCUT2D eigenvalue weighted by Crippen LogP contribution is 2.24. The highest BCUT2D eigenvalue weighted by molar-refractivity contribution is 9.10. The second-order valence-electron chi connectivity index (χ2n) is 4.94. The highest BCUT2D eigenvalue weighted by atomic mass is 79.9. The summed E-state index contributed by atoms with van der Waals surface area (Å²) in [7, 11) is 1.94. The average molecular weight is 353 g/mol. The molecule has 114 valence electrons. The van der Waals surface area contributed by atoms with E-state index in [2.05, 4.69) is 44.4 Å². The van der Waals surface area contributed by atoms with Crippen molar-refractivity contribution in [3.63, 3.8) is 0 Å². The molecule has 0 radical (unpaired) electrons. The van der Waals surface area contributed by atoms with Crippen LogP contribution in [0.1, 0.15) is 30.6 Å². The standard InChI is InChI=1S/C15H21BrN4O/c1-4-7-17-9-12-8-13(16)5-6-14(12)21-10-15-19-18-11(2)20(15)3/h5-6,8,17H,4,7,9-10H2,1-3H3. The maximum absolute atomic E-state index is 5.92. The van der Waals surface area contributed by atoms with Crippen molar-refractivity contribution in [2.75, 3.05) is 6.54 Å². The number of aryl methyl sites for hydroxylation is 1. The zero-order valence-electron chi connectivity index (χ0n) is 12.7. The van der Waals surface area contributed by atoms with Crippen LogP contribution in [0.3, 0.4) is 0 Å². The number of hydrogen-bond acceptors (Lipinski definition) is 4.